The lowest BCUT2D eigenvalue weighted by Gasteiger charge is -2.29. The van der Waals surface area contributed by atoms with Crippen LogP contribution in [0, 0.1) is 0 Å². The molecule has 3 aromatic carbocycles. The molecule has 0 bridgehead atoms. The van der Waals surface area contributed by atoms with Crippen LogP contribution in [-0.2, 0) is 31.8 Å². The van der Waals surface area contributed by atoms with Crippen LogP contribution in [0.5, 0.6) is 0 Å². The Hall–Kier alpha value is -4.20. The summed E-state index contributed by atoms with van der Waals surface area (Å²) in [5.41, 5.74) is 5.40. The van der Waals surface area contributed by atoms with Crippen molar-refractivity contribution in [2.75, 3.05) is 28.4 Å². The van der Waals surface area contributed by atoms with E-state index in [4.69, 9.17) is 18.9 Å². The summed E-state index contributed by atoms with van der Waals surface area (Å²) in [6, 6.07) is 8.10. The number of carbonyl (C=O) groups excluding carboxylic acids is 4. The molecular weight excluding hydrogens is 560 g/mol. The van der Waals surface area contributed by atoms with Gasteiger partial charge in [-0.15, -0.1) is 0 Å². The summed E-state index contributed by atoms with van der Waals surface area (Å²) in [5.74, 6) is -3.67. The van der Waals surface area contributed by atoms with Crippen LogP contribution in [0.25, 0.3) is 33.0 Å². The Morgan fingerprint density at radius 3 is 1.09 bits per heavy atom. The van der Waals surface area contributed by atoms with Crippen molar-refractivity contribution in [3.8, 4) is 22.3 Å². The predicted octanol–water partition coefficient (Wildman–Crippen LogP) is 7.88. The lowest BCUT2D eigenvalue weighted by molar-refractivity contribution is 0.0523. The van der Waals surface area contributed by atoms with Gasteiger partial charge in [0.1, 0.15) is 0 Å². The summed E-state index contributed by atoms with van der Waals surface area (Å²) in [6.07, 6.45) is 11.4. The fourth-order valence-electron chi connectivity index (χ4n) is 6.24. The summed E-state index contributed by atoms with van der Waals surface area (Å²) >= 11 is 0. The highest BCUT2D eigenvalue weighted by Gasteiger charge is 2.37. The first-order valence-electron chi connectivity index (χ1n) is 15.4. The maximum atomic E-state index is 13.3. The van der Waals surface area contributed by atoms with Crippen molar-refractivity contribution in [3.05, 3.63) is 57.6 Å². The van der Waals surface area contributed by atoms with Gasteiger partial charge in [-0.25, -0.2) is 19.2 Å². The van der Waals surface area contributed by atoms with Gasteiger partial charge in [0, 0.05) is 0 Å². The second kappa shape index (κ2) is 14.5. The molecule has 0 N–H and O–H groups in total. The number of hydrogen-bond donors (Lipinski definition) is 0. The van der Waals surface area contributed by atoms with Crippen molar-refractivity contribution in [1.82, 2.24) is 0 Å². The fraction of sp³-hybridized carbons (Fsp3) is 0.444. The highest BCUT2D eigenvalue weighted by Crippen LogP contribution is 2.51. The van der Waals surface area contributed by atoms with Crippen LogP contribution in [0.2, 0.25) is 0 Å². The van der Waals surface area contributed by atoms with E-state index in [0.29, 0.717) is 0 Å². The summed E-state index contributed by atoms with van der Waals surface area (Å²) in [7, 11) is 4.62. The zero-order chi connectivity index (χ0) is 32.0. The molecule has 0 aliphatic heterocycles. The summed E-state index contributed by atoms with van der Waals surface area (Å²) in [6.45, 7) is 4.42. The second-order valence-corrected chi connectivity index (χ2v) is 11.2. The Kier molecular flexibility index (Phi) is 10.8. The largest absolute Gasteiger partial charge is 0.465 e. The van der Waals surface area contributed by atoms with Gasteiger partial charge in [-0.1, -0.05) is 64.5 Å². The summed E-state index contributed by atoms with van der Waals surface area (Å²) in [4.78, 5) is 52.8. The third kappa shape index (κ3) is 6.07. The van der Waals surface area contributed by atoms with Crippen LogP contribution in [0.4, 0.5) is 0 Å². The van der Waals surface area contributed by atoms with Crippen molar-refractivity contribution in [1.29, 1.82) is 0 Å². The zero-order valence-corrected chi connectivity index (χ0v) is 26.6. The molecule has 0 unspecified atom stereocenters. The van der Waals surface area contributed by atoms with E-state index in [-0.39, 0.29) is 21.9 Å². The number of carbonyl (C=O) groups is 4. The first-order valence-corrected chi connectivity index (χ1v) is 15.4. The van der Waals surface area contributed by atoms with E-state index in [1.807, 2.05) is 0 Å². The third-order valence-corrected chi connectivity index (χ3v) is 8.52. The highest BCUT2D eigenvalue weighted by molar-refractivity contribution is 6.26. The number of esters is 4. The molecule has 0 radical (unpaired) electrons. The smallest absolute Gasteiger partial charge is 0.339 e. The van der Waals surface area contributed by atoms with E-state index in [2.05, 4.69) is 26.0 Å². The number of methoxy groups -OCH3 is 4. The number of hydrogen-bond acceptors (Lipinski definition) is 8. The van der Waals surface area contributed by atoms with Crippen LogP contribution >= 0.6 is 0 Å². The molecule has 4 rings (SSSR count). The molecule has 0 atom stereocenters. The standard InChI is InChI=1S/C36H42O8/c1-7-9-11-13-15-21-17-23-24(18-22(21)16-14-12-10-8-2)26-20-28-27(19-25(23)26)29(33(37)41-3)31(35(39)43-5)32(36(40)44-6)30(28)34(38)42-4/h17-20H,7-16H2,1-6H3. The van der Waals surface area contributed by atoms with E-state index in [9.17, 15) is 19.2 Å². The number of rotatable bonds is 14. The first-order chi connectivity index (χ1) is 21.3. The number of fused-ring (bicyclic) bond motifs is 5. The third-order valence-electron chi connectivity index (χ3n) is 8.52. The van der Waals surface area contributed by atoms with Gasteiger partial charge >= 0.3 is 23.9 Å². The Morgan fingerprint density at radius 1 is 0.455 bits per heavy atom. The molecule has 0 amide bonds. The van der Waals surface area contributed by atoms with Crippen molar-refractivity contribution in [2.45, 2.75) is 78.1 Å². The molecule has 0 heterocycles. The highest BCUT2D eigenvalue weighted by atomic mass is 16.5. The second-order valence-electron chi connectivity index (χ2n) is 11.2. The minimum Gasteiger partial charge on any atom is -0.465 e. The molecule has 1 aliphatic rings. The minimum atomic E-state index is -0.983. The van der Waals surface area contributed by atoms with Gasteiger partial charge in [0.2, 0.25) is 0 Å². The van der Waals surface area contributed by atoms with Crippen molar-refractivity contribution >= 4 is 34.6 Å². The van der Waals surface area contributed by atoms with Crippen molar-refractivity contribution in [2.24, 2.45) is 0 Å². The van der Waals surface area contributed by atoms with Crippen LogP contribution in [-0.4, -0.2) is 52.3 Å². The molecule has 1 aliphatic carbocycles. The molecule has 0 aromatic heterocycles. The molecule has 8 nitrogen and oxygen atoms in total. The number of aryl methyl sites for hydroxylation is 2. The average molecular weight is 603 g/mol. The summed E-state index contributed by atoms with van der Waals surface area (Å²) < 4.78 is 20.1. The van der Waals surface area contributed by atoms with Gasteiger partial charge < -0.3 is 18.9 Å². The minimum absolute atomic E-state index is 0.175. The quantitative estimate of drug-likeness (QED) is 0.0815. The number of ether oxygens (including phenoxy) is 4. The first kappa shape index (κ1) is 32.7. The summed E-state index contributed by atoms with van der Waals surface area (Å²) in [5, 5.41) is 0.561. The molecule has 0 saturated heterocycles. The van der Waals surface area contributed by atoms with E-state index in [1.54, 1.807) is 12.1 Å². The van der Waals surface area contributed by atoms with Gasteiger partial charge in [-0.2, -0.15) is 0 Å². The van der Waals surface area contributed by atoms with E-state index < -0.39 is 35.0 Å². The van der Waals surface area contributed by atoms with E-state index in [1.165, 1.54) is 63.9 Å². The van der Waals surface area contributed by atoms with Gasteiger partial charge in [-0.05, 0) is 82.0 Å². The van der Waals surface area contributed by atoms with Crippen molar-refractivity contribution < 1.29 is 38.1 Å². The van der Waals surface area contributed by atoms with Crippen LogP contribution in [0.3, 0.4) is 0 Å². The number of unbranched alkanes of at least 4 members (excludes halogenated alkanes) is 6. The van der Waals surface area contributed by atoms with Gasteiger partial charge in [0.25, 0.3) is 0 Å². The number of benzene rings is 3. The van der Waals surface area contributed by atoms with Gasteiger partial charge in [0.05, 0.1) is 50.7 Å². The lowest BCUT2D eigenvalue weighted by Crippen LogP contribution is -2.23. The molecule has 44 heavy (non-hydrogen) atoms. The lowest BCUT2D eigenvalue weighted by atomic mass is 9.74. The van der Waals surface area contributed by atoms with E-state index in [0.717, 1.165) is 62.2 Å². The van der Waals surface area contributed by atoms with Gasteiger partial charge in [-0.3, -0.25) is 0 Å². The predicted molar refractivity (Wildman–Crippen MR) is 169 cm³/mol. The van der Waals surface area contributed by atoms with E-state index >= 15 is 0 Å². The topological polar surface area (TPSA) is 105 Å². The normalized spacial score (nSPS) is 11.3. The Morgan fingerprint density at radius 2 is 0.773 bits per heavy atom. The Bertz CT molecular complexity index is 1480. The molecule has 0 fully saturated rings. The molecule has 234 valence electrons. The fourth-order valence-corrected chi connectivity index (χ4v) is 6.24. The maximum absolute atomic E-state index is 13.3. The van der Waals surface area contributed by atoms with Crippen molar-refractivity contribution in [3.63, 3.8) is 0 Å². The Balaban J connectivity index is 2.00. The van der Waals surface area contributed by atoms with Crippen LogP contribution < -0.4 is 0 Å². The van der Waals surface area contributed by atoms with Crippen LogP contribution in [0.1, 0.15) is 118 Å². The monoisotopic (exact) mass is 602 g/mol. The van der Waals surface area contributed by atoms with Crippen LogP contribution in [0.15, 0.2) is 24.3 Å². The molecule has 3 aromatic rings. The SMILES string of the molecule is CCCCCCc1cc2c(cc1CCCCCC)-c1cc3c(C(=O)OC)c(C(=O)OC)c(C(=O)OC)c(C(=O)OC)c3cc1-2. The zero-order valence-electron chi connectivity index (χ0n) is 26.6. The van der Waals surface area contributed by atoms with Gasteiger partial charge in [0.15, 0.2) is 0 Å². The molecular formula is C36H42O8. The molecule has 0 spiro atoms. The Labute approximate surface area is 259 Å². The average Bonchev–Trinajstić information content (AvgIpc) is 3.05. The molecule has 0 saturated carbocycles. The molecule has 8 heteroatoms. The maximum Gasteiger partial charge on any atom is 0.339 e.